The molecule has 0 radical (unpaired) electrons. The van der Waals surface area contributed by atoms with Gasteiger partial charge in [0.2, 0.25) is 0 Å². The van der Waals surface area contributed by atoms with Gasteiger partial charge in [-0.05, 0) is 29.8 Å². The van der Waals surface area contributed by atoms with Gasteiger partial charge in [-0.1, -0.05) is 29.8 Å². The summed E-state index contributed by atoms with van der Waals surface area (Å²) in [5.74, 6) is -0.771. The van der Waals surface area contributed by atoms with Crippen molar-refractivity contribution in [3.8, 4) is 0 Å². The van der Waals surface area contributed by atoms with Crippen molar-refractivity contribution < 1.29 is 9.18 Å². The third-order valence-corrected chi connectivity index (χ3v) is 3.32. The van der Waals surface area contributed by atoms with Crippen LogP contribution in [0, 0.1) is 5.82 Å². The number of nitrogens with zero attached hydrogens (tertiary/aromatic N) is 1. The zero-order valence-corrected chi connectivity index (χ0v) is 11.7. The molecule has 0 spiro atoms. The summed E-state index contributed by atoms with van der Waals surface area (Å²) in [7, 11) is 1.66. The summed E-state index contributed by atoms with van der Waals surface area (Å²) < 4.78 is 13.1. The molecule has 0 fully saturated rings. The summed E-state index contributed by atoms with van der Waals surface area (Å²) in [5.41, 5.74) is 6.62. The van der Waals surface area contributed by atoms with E-state index in [-0.39, 0.29) is 11.6 Å². The first kappa shape index (κ1) is 14.3. The van der Waals surface area contributed by atoms with Crippen LogP contribution in [0.2, 0.25) is 5.02 Å². The summed E-state index contributed by atoms with van der Waals surface area (Å²) in [6, 6.07) is 11.2. The van der Waals surface area contributed by atoms with Gasteiger partial charge in [0, 0.05) is 24.2 Å². The Labute approximate surface area is 121 Å². The molecule has 2 aromatic carbocycles. The van der Waals surface area contributed by atoms with Crippen molar-refractivity contribution in [2.75, 3.05) is 12.8 Å². The van der Waals surface area contributed by atoms with Gasteiger partial charge in [0.1, 0.15) is 5.82 Å². The number of nitrogen functional groups attached to an aromatic ring is 1. The largest absolute Gasteiger partial charge is 0.396 e. The summed E-state index contributed by atoms with van der Waals surface area (Å²) in [6.07, 6.45) is 0. The monoisotopic (exact) mass is 292 g/mol. The Bertz CT molecular complexity index is 646. The number of hydrogen-bond acceptors (Lipinski definition) is 2. The smallest absolute Gasteiger partial charge is 0.253 e. The summed E-state index contributed by atoms with van der Waals surface area (Å²) in [4.78, 5) is 13.7. The fraction of sp³-hybridized carbons (Fsp3) is 0.133. The first-order chi connectivity index (χ1) is 9.49. The van der Waals surface area contributed by atoms with Gasteiger partial charge < -0.3 is 10.6 Å². The molecule has 2 N–H and O–H groups in total. The number of amides is 1. The number of benzene rings is 2. The summed E-state index contributed by atoms with van der Waals surface area (Å²) in [6.45, 7) is 0.371. The van der Waals surface area contributed by atoms with Gasteiger partial charge in [0.05, 0.1) is 5.69 Å². The van der Waals surface area contributed by atoms with Crippen LogP contribution in [0.25, 0.3) is 0 Å². The first-order valence-corrected chi connectivity index (χ1v) is 6.40. The standard InChI is InChI=1S/C15H14ClFN2O/c1-19(9-11-4-2-3-5-12(11)16)15(20)10-6-7-13(17)14(18)8-10/h2-8H,9,18H2,1H3. The highest BCUT2D eigenvalue weighted by atomic mass is 35.5. The van der Waals surface area contributed by atoms with E-state index in [1.54, 1.807) is 13.1 Å². The molecule has 1 amide bonds. The number of halogens is 2. The zero-order valence-electron chi connectivity index (χ0n) is 10.9. The number of carbonyl (C=O) groups excluding carboxylic acids is 1. The maximum Gasteiger partial charge on any atom is 0.253 e. The molecule has 0 aliphatic heterocycles. The number of anilines is 1. The van der Waals surface area contributed by atoms with Gasteiger partial charge in [-0.3, -0.25) is 4.79 Å². The molecule has 0 saturated heterocycles. The van der Waals surface area contributed by atoms with Crippen molar-refractivity contribution in [1.82, 2.24) is 4.90 Å². The Morgan fingerprint density at radius 1 is 1.30 bits per heavy atom. The lowest BCUT2D eigenvalue weighted by Gasteiger charge is -2.18. The van der Waals surface area contributed by atoms with Crippen LogP contribution in [-0.4, -0.2) is 17.9 Å². The molecule has 0 saturated carbocycles. The van der Waals surface area contributed by atoms with E-state index in [4.69, 9.17) is 17.3 Å². The fourth-order valence-corrected chi connectivity index (χ4v) is 2.05. The predicted octanol–water partition coefficient (Wildman–Crippen LogP) is 3.33. The van der Waals surface area contributed by atoms with E-state index >= 15 is 0 Å². The highest BCUT2D eigenvalue weighted by Crippen LogP contribution is 2.18. The van der Waals surface area contributed by atoms with Crippen LogP contribution in [0.1, 0.15) is 15.9 Å². The van der Waals surface area contributed by atoms with E-state index in [1.165, 1.54) is 23.1 Å². The third-order valence-electron chi connectivity index (χ3n) is 2.95. The number of rotatable bonds is 3. The van der Waals surface area contributed by atoms with Gasteiger partial charge in [-0.15, -0.1) is 0 Å². The molecular weight excluding hydrogens is 279 g/mol. The van der Waals surface area contributed by atoms with Crippen molar-refractivity contribution in [3.05, 3.63) is 64.4 Å². The van der Waals surface area contributed by atoms with Crippen LogP contribution in [0.4, 0.5) is 10.1 Å². The third kappa shape index (κ3) is 3.08. The van der Waals surface area contributed by atoms with Crippen LogP contribution in [-0.2, 0) is 6.54 Å². The molecule has 104 valence electrons. The van der Waals surface area contributed by atoms with Crippen LogP contribution in [0.15, 0.2) is 42.5 Å². The molecule has 0 aliphatic carbocycles. The minimum Gasteiger partial charge on any atom is -0.396 e. The molecule has 0 atom stereocenters. The number of hydrogen-bond donors (Lipinski definition) is 1. The number of nitrogens with two attached hydrogens (primary N) is 1. The van der Waals surface area contributed by atoms with Gasteiger partial charge >= 0.3 is 0 Å². The molecule has 5 heteroatoms. The second kappa shape index (κ2) is 5.92. The molecule has 20 heavy (non-hydrogen) atoms. The molecule has 3 nitrogen and oxygen atoms in total. The Morgan fingerprint density at radius 2 is 2.00 bits per heavy atom. The lowest BCUT2D eigenvalue weighted by atomic mass is 10.1. The van der Waals surface area contributed by atoms with E-state index < -0.39 is 5.82 Å². The average Bonchev–Trinajstić information content (AvgIpc) is 2.43. The normalized spacial score (nSPS) is 10.3. The Balaban J connectivity index is 2.16. The van der Waals surface area contributed by atoms with E-state index in [9.17, 15) is 9.18 Å². The minimum atomic E-state index is -0.532. The lowest BCUT2D eigenvalue weighted by Crippen LogP contribution is -2.26. The lowest BCUT2D eigenvalue weighted by molar-refractivity contribution is 0.0785. The van der Waals surface area contributed by atoms with Crippen molar-refractivity contribution in [2.24, 2.45) is 0 Å². The second-order valence-corrected chi connectivity index (χ2v) is 4.90. The van der Waals surface area contributed by atoms with Crippen LogP contribution in [0.3, 0.4) is 0 Å². The van der Waals surface area contributed by atoms with Crippen LogP contribution >= 0.6 is 11.6 Å². The number of carbonyl (C=O) groups is 1. The quantitative estimate of drug-likeness (QED) is 0.882. The molecule has 2 rings (SSSR count). The Kier molecular flexibility index (Phi) is 4.25. The SMILES string of the molecule is CN(Cc1ccccc1Cl)C(=O)c1ccc(F)c(N)c1. The average molecular weight is 293 g/mol. The molecule has 0 aromatic heterocycles. The van der Waals surface area contributed by atoms with E-state index in [0.717, 1.165) is 5.56 Å². The van der Waals surface area contributed by atoms with Crippen molar-refractivity contribution in [2.45, 2.75) is 6.54 Å². The van der Waals surface area contributed by atoms with Crippen molar-refractivity contribution >= 4 is 23.2 Å². The molecule has 0 heterocycles. The Morgan fingerprint density at radius 3 is 2.65 bits per heavy atom. The second-order valence-electron chi connectivity index (χ2n) is 4.49. The van der Waals surface area contributed by atoms with Crippen LogP contribution < -0.4 is 5.73 Å². The fourth-order valence-electron chi connectivity index (χ4n) is 1.85. The zero-order chi connectivity index (χ0) is 14.7. The van der Waals surface area contributed by atoms with E-state index in [0.29, 0.717) is 17.1 Å². The van der Waals surface area contributed by atoms with Gasteiger partial charge in [0.15, 0.2) is 0 Å². The maximum atomic E-state index is 13.1. The molecule has 0 aliphatic rings. The highest BCUT2D eigenvalue weighted by molar-refractivity contribution is 6.31. The molecular formula is C15H14ClFN2O. The van der Waals surface area contributed by atoms with Gasteiger partial charge in [-0.25, -0.2) is 4.39 Å². The Hall–Kier alpha value is -2.07. The van der Waals surface area contributed by atoms with Crippen molar-refractivity contribution in [3.63, 3.8) is 0 Å². The van der Waals surface area contributed by atoms with Gasteiger partial charge in [0.25, 0.3) is 5.91 Å². The predicted molar refractivity (Wildman–Crippen MR) is 78.1 cm³/mol. The summed E-state index contributed by atoms with van der Waals surface area (Å²) >= 11 is 6.06. The molecule has 0 unspecified atom stereocenters. The topological polar surface area (TPSA) is 46.3 Å². The van der Waals surface area contributed by atoms with Gasteiger partial charge in [-0.2, -0.15) is 0 Å². The highest BCUT2D eigenvalue weighted by Gasteiger charge is 2.14. The van der Waals surface area contributed by atoms with Crippen LogP contribution in [0.5, 0.6) is 0 Å². The maximum absolute atomic E-state index is 13.1. The first-order valence-electron chi connectivity index (χ1n) is 6.03. The summed E-state index contributed by atoms with van der Waals surface area (Å²) in [5, 5.41) is 0.603. The van der Waals surface area contributed by atoms with Crippen molar-refractivity contribution in [1.29, 1.82) is 0 Å². The van der Waals surface area contributed by atoms with E-state index in [1.807, 2.05) is 18.2 Å². The van der Waals surface area contributed by atoms with E-state index in [2.05, 4.69) is 0 Å². The molecule has 2 aromatic rings. The minimum absolute atomic E-state index is 0.0398. The molecule has 0 bridgehead atoms.